The van der Waals surface area contributed by atoms with Crippen molar-refractivity contribution in [3.8, 4) is 0 Å². The van der Waals surface area contributed by atoms with Crippen molar-refractivity contribution in [3.63, 3.8) is 0 Å². The molecule has 2 aliphatic rings. The lowest BCUT2D eigenvalue weighted by Gasteiger charge is -2.36. The van der Waals surface area contributed by atoms with Gasteiger partial charge in [0, 0.05) is 69.8 Å². The number of aromatic nitrogens is 3. The molecular weight excluding hydrogens is 376 g/mol. The van der Waals surface area contributed by atoms with Gasteiger partial charge in [0.1, 0.15) is 0 Å². The minimum absolute atomic E-state index is 0.861. The zero-order chi connectivity index (χ0) is 20.7. The first kappa shape index (κ1) is 19.2. The molecular formula is C23H30N6O. The van der Waals surface area contributed by atoms with E-state index >= 15 is 0 Å². The molecule has 0 spiro atoms. The number of nitrogens with zero attached hydrogens (tertiary/aromatic N) is 6. The molecule has 0 amide bonds. The van der Waals surface area contributed by atoms with E-state index in [1.54, 1.807) is 0 Å². The second-order valence-corrected chi connectivity index (χ2v) is 8.40. The number of aryl methyl sites for hydroxylation is 2. The highest BCUT2D eigenvalue weighted by atomic mass is 16.5. The topological polar surface area (TPSA) is 53.6 Å². The molecule has 4 heterocycles. The van der Waals surface area contributed by atoms with Crippen LogP contribution in [0, 0.1) is 6.92 Å². The monoisotopic (exact) mass is 406 g/mol. The molecule has 2 aliphatic heterocycles. The molecule has 0 bridgehead atoms. The Bertz CT molecular complexity index is 1060. The number of benzene rings is 1. The molecule has 3 aromatic rings. The fourth-order valence-electron chi connectivity index (χ4n) is 4.89. The molecule has 1 saturated heterocycles. The number of para-hydroxylation sites is 1. The lowest BCUT2D eigenvalue weighted by atomic mass is 10.1. The standard InChI is InChI=1S/C23H30N6O/c1-17-22-18(2)28(10-6-8-20(22)26(3)24-17)14-11-27-12-15-29(16-13-27)23-19-7-4-5-9-21(19)30-25-23/h4-5,7,9H,2,6,8,10-16H2,1,3H3. The largest absolute Gasteiger partial charge is 0.370 e. The lowest BCUT2D eigenvalue weighted by molar-refractivity contribution is 0.229. The summed E-state index contributed by atoms with van der Waals surface area (Å²) >= 11 is 0. The third-order valence-corrected chi connectivity index (χ3v) is 6.57. The third-order valence-electron chi connectivity index (χ3n) is 6.57. The van der Waals surface area contributed by atoms with Crippen LogP contribution in [-0.2, 0) is 13.5 Å². The Morgan fingerprint density at radius 2 is 1.87 bits per heavy atom. The zero-order valence-corrected chi connectivity index (χ0v) is 18.0. The second-order valence-electron chi connectivity index (χ2n) is 8.40. The van der Waals surface area contributed by atoms with E-state index in [0.717, 1.165) is 86.8 Å². The minimum Gasteiger partial charge on any atom is -0.370 e. The van der Waals surface area contributed by atoms with Crippen LogP contribution < -0.4 is 4.90 Å². The fraction of sp³-hybridized carbons (Fsp3) is 0.478. The SMILES string of the molecule is C=C1c2c(C)nn(C)c2CCCN1CCN1CCN(c2noc3ccccc23)CC1. The van der Waals surface area contributed by atoms with E-state index in [1.807, 2.05) is 29.9 Å². The maximum atomic E-state index is 5.49. The molecule has 0 radical (unpaired) electrons. The van der Waals surface area contributed by atoms with Gasteiger partial charge >= 0.3 is 0 Å². The smallest absolute Gasteiger partial charge is 0.180 e. The maximum absolute atomic E-state index is 5.49. The molecule has 158 valence electrons. The van der Waals surface area contributed by atoms with Gasteiger partial charge in [0.2, 0.25) is 0 Å². The quantitative estimate of drug-likeness (QED) is 0.664. The van der Waals surface area contributed by atoms with Gasteiger partial charge in [0.15, 0.2) is 11.4 Å². The maximum Gasteiger partial charge on any atom is 0.180 e. The Morgan fingerprint density at radius 1 is 1.07 bits per heavy atom. The van der Waals surface area contributed by atoms with Gasteiger partial charge in [-0.15, -0.1) is 0 Å². The van der Waals surface area contributed by atoms with Crippen molar-refractivity contribution in [3.05, 3.63) is 47.8 Å². The lowest BCUT2D eigenvalue weighted by Crippen LogP contribution is -2.48. The Kier molecular flexibility index (Phi) is 4.98. The average molecular weight is 407 g/mol. The summed E-state index contributed by atoms with van der Waals surface area (Å²) in [5.74, 6) is 0.978. The van der Waals surface area contributed by atoms with E-state index < -0.39 is 0 Å². The van der Waals surface area contributed by atoms with E-state index in [-0.39, 0.29) is 0 Å². The number of fused-ring (bicyclic) bond motifs is 2. The first-order valence-corrected chi connectivity index (χ1v) is 10.9. The van der Waals surface area contributed by atoms with Crippen molar-refractivity contribution < 1.29 is 4.52 Å². The number of hydrogen-bond donors (Lipinski definition) is 0. The summed E-state index contributed by atoms with van der Waals surface area (Å²) in [5.41, 5.74) is 5.68. The first-order chi connectivity index (χ1) is 14.6. The van der Waals surface area contributed by atoms with Crippen LogP contribution in [0.3, 0.4) is 0 Å². The molecule has 0 aliphatic carbocycles. The van der Waals surface area contributed by atoms with E-state index in [0.29, 0.717) is 0 Å². The van der Waals surface area contributed by atoms with Gasteiger partial charge in [0.05, 0.1) is 11.1 Å². The third kappa shape index (κ3) is 3.37. The summed E-state index contributed by atoms with van der Waals surface area (Å²) in [6.45, 7) is 13.7. The summed E-state index contributed by atoms with van der Waals surface area (Å²) in [6, 6.07) is 8.10. The van der Waals surface area contributed by atoms with Crippen LogP contribution in [0.5, 0.6) is 0 Å². The zero-order valence-electron chi connectivity index (χ0n) is 18.0. The average Bonchev–Trinajstić information content (AvgIpc) is 3.25. The first-order valence-electron chi connectivity index (χ1n) is 10.9. The van der Waals surface area contributed by atoms with Gasteiger partial charge < -0.3 is 14.3 Å². The molecule has 2 aromatic heterocycles. The van der Waals surface area contributed by atoms with Crippen molar-refractivity contribution in [2.75, 3.05) is 50.7 Å². The Morgan fingerprint density at radius 3 is 2.70 bits per heavy atom. The normalized spacial score (nSPS) is 18.1. The molecule has 0 saturated carbocycles. The van der Waals surface area contributed by atoms with Gasteiger partial charge in [-0.2, -0.15) is 5.10 Å². The van der Waals surface area contributed by atoms with Gasteiger partial charge in [-0.1, -0.05) is 23.9 Å². The summed E-state index contributed by atoms with van der Waals surface area (Å²) in [4.78, 5) is 7.35. The molecule has 5 rings (SSSR count). The van der Waals surface area contributed by atoms with E-state index in [1.165, 1.54) is 11.3 Å². The van der Waals surface area contributed by atoms with Crippen molar-refractivity contribution in [1.29, 1.82) is 0 Å². The van der Waals surface area contributed by atoms with Gasteiger partial charge in [-0.25, -0.2) is 0 Å². The molecule has 1 fully saturated rings. The van der Waals surface area contributed by atoms with Crippen LogP contribution in [0.2, 0.25) is 0 Å². The Labute approximate surface area is 177 Å². The predicted octanol–water partition coefficient (Wildman–Crippen LogP) is 2.91. The van der Waals surface area contributed by atoms with Gasteiger partial charge in [-0.05, 0) is 31.9 Å². The molecule has 1 aromatic carbocycles. The summed E-state index contributed by atoms with van der Waals surface area (Å²) < 4.78 is 7.53. The van der Waals surface area contributed by atoms with E-state index in [2.05, 4.69) is 44.5 Å². The van der Waals surface area contributed by atoms with Gasteiger partial charge in [-0.3, -0.25) is 9.58 Å². The highest BCUT2D eigenvalue weighted by molar-refractivity contribution is 5.88. The van der Waals surface area contributed by atoms with Crippen molar-refractivity contribution in [2.45, 2.75) is 19.8 Å². The summed E-state index contributed by atoms with van der Waals surface area (Å²) in [7, 11) is 2.05. The van der Waals surface area contributed by atoms with Crippen molar-refractivity contribution in [2.24, 2.45) is 7.05 Å². The Balaban J connectivity index is 1.19. The minimum atomic E-state index is 0.861. The predicted molar refractivity (Wildman–Crippen MR) is 120 cm³/mol. The van der Waals surface area contributed by atoms with Crippen LogP contribution in [0.15, 0.2) is 35.4 Å². The van der Waals surface area contributed by atoms with Crippen molar-refractivity contribution >= 4 is 22.5 Å². The molecule has 30 heavy (non-hydrogen) atoms. The summed E-state index contributed by atoms with van der Waals surface area (Å²) in [6.07, 6.45) is 2.23. The van der Waals surface area contributed by atoms with Crippen LogP contribution in [0.4, 0.5) is 5.82 Å². The number of anilines is 1. The molecule has 7 heteroatoms. The van der Waals surface area contributed by atoms with Crippen LogP contribution >= 0.6 is 0 Å². The number of piperazine rings is 1. The van der Waals surface area contributed by atoms with Crippen LogP contribution in [-0.4, -0.2) is 70.6 Å². The van der Waals surface area contributed by atoms with E-state index in [4.69, 9.17) is 4.52 Å². The van der Waals surface area contributed by atoms with Crippen molar-refractivity contribution in [1.82, 2.24) is 24.7 Å². The second kappa shape index (κ2) is 7.80. The highest BCUT2D eigenvalue weighted by Gasteiger charge is 2.25. The van der Waals surface area contributed by atoms with E-state index in [9.17, 15) is 0 Å². The number of hydrogen-bond acceptors (Lipinski definition) is 6. The molecule has 7 nitrogen and oxygen atoms in total. The van der Waals surface area contributed by atoms with Gasteiger partial charge in [0.25, 0.3) is 0 Å². The molecule has 0 atom stereocenters. The molecule has 0 N–H and O–H groups in total. The summed E-state index contributed by atoms with van der Waals surface area (Å²) in [5, 5.41) is 10.0. The Hall–Kier alpha value is -2.80. The highest BCUT2D eigenvalue weighted by Crippen LogP contribution is 2.29. The fourth-order valence-corrected chi connectivity index (χ4v) is 4.89. The van der Waals surface area contributed by atoms with Crippen LogP contribution in [0.1, 0.15) is 23.4 Å². The molecule has 0 unspecified atom stereocenters. The van der Waals surface area contributed by atoms with Crippen LogP contribution in [0.25, 0.3) is 16.7 Å². The number of rotatable bonds is 4.